The molecule has 1 fully saturated rings. The Morgan fingerprint density at radius 3 is 2.73 bits per heavy atom. The first-order chi connectivity index (χ1) is 7.05. The third-order valence-corrected chi connectivity index (χ3v) is 4.26. The molecule has 1 aliphatic carbocycles. The molecular formula is C11H10BrClO2. The van der Waals surface area contributed by atoms with Crippen molar-refractivity contribution in [2.45, 2.75) is 24.7 Å². The summed E-state index contributed by atoms with van der Waals surface area (Å²) >= 11 is 9.41. The molecule has 15 heavy (non-hydrogen) atoms. The van der Waals surface area contributed by atoms with Gasteiger partial charge in [-0.3, -0.25) is 4.79 Å². The molecule has 1 saturated carbocycles. The minimum absolute atomic E-state index is 0.185. The Balaban J connectivity index is 2.37. The Morgan fingerprint density at radius 1 is 1.53 bits per heavy atom. The van der Waals surface area contributed by atoms with E-state index in [2.05, 4.69) is 15.9 Å². The van der Waals surface area contributed by atoms with Crippen LogP contribution >= 0.6 is 27.5 Å². The lowest BCUT2D eigenvalue weighted by Crippen LogP contribution is -2.13. The quantitative estimate of drug-likeness (QED) is 0.923. The number of hydrogen-bond acceptors (Lipinski definition) is 1. The number of carboxylic acid groups (broad SMARTS) is 1. The highest BCUT2D eigenvalue weighted by Gasteiger charge is 2.47. The maximum Gasteiger partial charge on any atom is 0.304 e. The SMILES string of the molecule is O=C(O)CC1(c2cccc(Cl)c2Br)CC1. The molecule has 2 nitrogen and oxygen atoms in total. The third-order valence-electron chi connectivity index (χ3n) is 2.87. The molecule has 0 aromatic heterocycles. The van der Waals surface area contributed by atoms with Crippen molar-refractivity contribution in [1.82, 2.24) is 0 Å². The van der Waals surface area contributed by atoms with E-state index in [0.29, 0.717) is 5.02 Å². The summed E-state index contributed by atoms with van der Waals surface area (Å²) in [5, 5.41) is 9.51. The normalized spacial score (nSPS) is 17.5. The van der Waals surface area contributed by atoms with Crippen LogP contribution in [0.1, 0.15) is 24.8 Å². The number of rotatable bonds is 3. The fourth-order valence-corrected chi connectivity index (χ4v) is 2.75. The van der Waals surface area contributed by atoms with Crippen molar-refractivity contribution in [1.29, 1.82) is 0 Å². The van der Waals surface area contributed by atoms with Crippen LogP contribution in [0.2, 0.25) is 5.02 Å². The van der Waals surface area contributed by atoms with Gasteiger partial charge in [0, 0.05) is 9.89 Å². The van der Waals surface area contributed by atoms with E-state index in [4.69, 9.17) is 16.7 Å². The molecule has 1 aromatic rings. The second-order valence-electron chi connectivity index (χ2n) is 3.95. The Bertz CT molecular complexity index is 413. The lowest BCUT2D eigenvalue weighted by atomic mass is 9.92. The zero-order valence-corrected chi connectivity index (χ0v) is 10.3. The average Bonchev–Trinajstić information content (AvgIpc) is 2.89. The van der Waals surface area contributed by atoms with Crippen molar-refractivity contribution >= 4 is 33.5 Å². The summed E-state index contributed by atoms with van der Waals surface area (Å²) in [5.74, 6) is -0.751. The molecule has 0 saturated heterocycles. The minimum Gasteiger partial charge on any atom is -0.481 e. The number of benzene rings is 1. The van der Waals surface area contributed by atoms with Gasteiger partial charge >= 0.3 is 5.97 Å². The first kappa shape index (κ1) is 11.0. The topological polar surface area (TPSA) is 37.3 Å². The van der Waals surface area contributed by atoms with Gasteiger partial charge in [0.1, 0.15) is 0 Å². The van der Waals surface area contributed by atoms with Gasteiger partial charge in [-0.15, -0.1) is 0 Å². The van der Waals surface area contributed by atoms with Gasteiger partial charge in [-0.2, -0.15) is 0 Å². The van der Waals surface area contributed by atoms with Gasteiger partial charge in [0.05, 0.1) is 11.4 Å². The second kappa shape index (κ2) is 3.80. The molecule has 1 N–H and O–H groups in total. The molecule has 0 spiro atoms. The maximum atomic E-state index is 10.8. The van der Waals surface area contributed by atoms with Crippen molar-refractivity contribution in [3.63, 3.8) is 0 Å². The number of carbonyl (C=O) groups is 1. The molecule has 4 heteroatoms. The zero-order valence-electron chi connectivity index (χ0n) is 7.96. The van der Waals surface area contributed by atoms with Gasteiger partial charge in [0.2, 0.25) is 0 Å². The van der Waals surface area contributed by atoms with E-state index < -0.39 is 5.97 Å². The Labute approximate surface area is 101 Å². The summed E-state index contributed by atoms with van der Waals surface area (Å²) in [6, 6.07) is 5.61. The van der Waals surface area contributed by atoms with Gasteiger partial charge in [-0.1, -0.05) is 23.7 Å². The van der Waals surface area contributed by atoms with Gasteiger partial charge < -0.3 is 5.11 Å². The number of aliphatic carboxylic acids is 1. The van der Waals surface area contributed by atoms with Crippen LogP contribution in [0, 0.1) is 0 Å². The summed E-state index contributed by atoms with van der Waals surface area (Å²) in [6.07, 6.45) is 2.04. The summed E-state index contributed by atoms with van der Waals surface area (Å²) in [4.78, 5) is 10.8. The van der Waals surface area contributed by atoms with Crippen molar-refractivity contribution in [3.8, 4) is 0 Å². The van der Waals surface area contributed by atoms with Crippen LogP contribution in [-0.2, 0) is 10.2 Å². The molecule has 1 aliphatic rings. The number of carboxylic acids is 1. The third kappa shape index (κ3) is 2.04. The van der Waals surface area contributed by atoms with Crippen LogP contribution in [0.4, 0.5) is 0 Å². The Morgan fingerprint density at radius 2 is 2.20 bits per heavy atom. The van der Waals surface area contributed by atoms with E-state index in [-0.39, 0.29) is 11.8 Å². The molecule has 0 radical (unpaired) electrons. The Hall–Kier alpha value is -0.540. The van der Waals surface area contributed by atoms with E-state index in [1.165, 1.54) is 0 Å². The minimum atomic E-state index is -0.751. The molecule has 0 bridgehead atoms. The molecule has 0 heterocycles. The van der Waals surface area contributed by atoms with E-state index in [1.807, 2.05) is 12.1 Å². The maximum absolute atomic E-state index is 10.8. The molecule has 0 atom stereocenters. The van der Waals surface area contributed by atoms with Crippen molar-refractivity contribution in [2.75, 3.05) is 0 Å². The molecule has 2 rings (SSSR count). The van der Waals surface area contributed by atoms with Gasteiger partial charge in [-0.25, -0.2) is 0 Å². The van der Waals surface area contributed by atoms with Crippen LogP contribution in [0.15, 0.2) is 22.7 Å². The standard InChI is InChI=1S/C11H10BrClO2/c12-10-7(2-1-3-8(10)13)11(4-5-11)6-9(14)15/h1-3H,4-6H2,(H,14,15). The molecule has 1 aromatic carbocycles. The smallest absolute Gasteiger partial charge is 0.304 e. The fraction of sp³-hybridized carbons (Fsp3) is 0.364. The predicted octanol–water partition coefficient (Wildman–Crippen LogP) is 3.61. The van der Waals surface area contributed by atoms with E-state index in [0.717, 1.165) is 22.9 Å². The summed E-state index contributed by atoms with van der Waals surface area (Å²) < 4.78 is 0.838. The molecule has 0 amide bonds. The lowest BCUT2D eigenvalue weighted by molar-refractivity contribution is -0.137. The molecule has 0 unspecified atom stereocenters. The monoisotopic (exact) mass is 288 g/mol. The van der Waals surface area contributed by atoms with Gasteiger partial charge in [0.25, 0.3) is 0 Å². The van der Waals surface area contributed by atoms with E-state index in [9.17, 15) is 4.79 Å². The molecular weight excluding hydrogens is 279 g/mol. The number of hydrogen-bond donors (Lipinski definition) is 1. The van der Waals surface area contributed by atoms with Gasteiger partial charge in [0.15, 0.2) is 0 Å². The molecule has 0 aliphatic heterocycles. The predicted molar refractivity (Wildman–Crippen MR) is 62.3 cm³/mol. The first-order valence-corrected chi connectivity index (χ1v) is 5.88. The van der Waals surface area contributed by atoms with Crippen LogP contribution in [0.25, 0.3) is 0 Å². The van der Waals surface area contributed by atoms with Crippen LogP contribution in [-0.4, -0.2) is 11.1 Å². The average molecular weight is 290 g/mol. The summed E-state index contributed by atoms with van der Waals surface area (Å²) in [7, 11) is 0. The second-order valence-corrected chi connectivity index (χ2v) is 5.15. The molecule has 80 valence electrons. The van der Waals surface area contributed by atoms with Crippen LogP contribution in [0.3, 0.4) is 0 Å². The van der Waals surface area contributed by atoms with Crippen LogP contribution in [0.5, 0.6) is 0 Å². The van der Waals surface area contributed by atoms with Crippen molar-refractivity contribution in [2.24, 2.45) is 0 Å². The van der Waals surface area contributed by atoms with Gasteiger partial charge in [-0.05, 0) is 40.4 Å². The number of halogens is 2. The van der Waals surface area contributed by atoms with E-state index >= 15 is 0 Å². The largest absolute Gasteiger partial charge is 0.481 e. The summed E-state index contributed by atoms with van der Waals surface area (Å²) in [6.45, 7) is 0. The summed E-state index contributed by atoms with van der Waals surface area (Å²) in [5.41, 5.74) is 0.840. The Kier molecular flexibility index (Phi) is 2.77. The first-order valence-electron chi connectivity index (χ1n) is 4.71. The highest BCUT2D eigenvalue weighted by atomic mass is 79.9. The van der Waals surface area contributed by atoms with Crippen molar-refractivity contribution in [3.05, 3.63) is 33.3 Å². The highest BCUT2D eigenvalue weighted by Crippen LogP contribution is 2.53. The van der Waals surface area contributed by atoms with Crippen LogP contribution < -0.4 is 0 Å². The highest BCUT2D eigenvalue weighted by molar-refractivity contribution is 9.10. The zero-order chi connectivity index (χ0) is 11.1. The van der Waals surface area contributed by atoms with E-state index in [1.54, 1.807) is 6.07 Å². The fourth-order valence-electron chi connectivity index (χ4n) is 1.90. The van der Waals surface area contributed by atoms with Crippen molar-refractivity contribution < 1.29 is 9.90 Å². The lowest BCUT2D eigenvalue weighted by Gasteiger charge is -2.15.